The molecule has 1 aliphatic rings. The molecule has 0 spiro atoms. The molecule has 4 heteroatoms. The molecule has 0 aliphatic carbocycles. The van der Waals surface area contributed by atoms with Crippen molar-refractivity contribution < 1.29 is 14.6 Å². The van der Waals surface area contributed by atoms with E-state index < -0.39 is 0 Å². The maximum absolute atomic E-state index is 9.72. The number of benzene rings is 1. The van der Waals surface area contributed by atoms with Crippen LogP contribution in [0.25, 0.3) is 0 Å². The lowest BCUT2D eigenvalue weighted by Crippen LogP contribution is -2.47. The van der Waals surface area contributed by atoms with Crippen molar-refractivity contribution in [2.45, 2.75) is 38.5 Å². The molecule has 4 nitrogen and oxygen atoms in total. The van der Waals surface area contributed by atoms with E-state index in [1.165, 1.54) is 0 Å². The fourth-order valence-corrected chi connectivity index (χ4v) is 2.22. The van der Waals surface area contributed by atoms with Crippen LogP contribution in [-0.2, 0) is 11.3 Å². The first kappa shape index (κ1) is 13.2. The van der Waals surface area contributed by atoms with Gasteiger partial charge in [0, 0.05) is 18.7 Å². The molecule has 2 N–H and O–H groups in total. The summed E-state index contributed by atoms with van der Waals surface area (Å²) in [6.07, 6.45) is 1.22. The molecule has 0 radical (unpaired) electrons. The van der Waals surface area contributed by atoms with E-state index in [2.05, 4.69) is 19.2 Å². The maximum atomic E-state index is 9.72. The first-order chi connectivity index (χ1) is 8.55. The van der Waals surface area contributed by atoms with Crippen LogP contribution in [0, 0.1) is 0 Å². The Morgan fingerprint density at radius 3 is 2.89 bits per heavy atom. The third-order valence-electron chi connectivity index (χ3n) is 3.83. The van der Waals surface area contributed by atoms with E-state index in [4.69, 9.17) is 9.47 Å². The minimum absolute atomic E-state index is 0.00947. The Balaban J connectivity index is 2.00. The number of phenols is 1. The van der Waals surface area contributed by atoms with Gasteiger partial charge in [-0.05, 0) is 38.0 Å². The van der Waals surface area contributed by atoms with Crippen LogP contribution in [0.5, 0.6) is 11.5 Å². The minimum Gasteiger partial charge on any atom is -0.504 e. The van der Waals surface area contributed by atoms with E-state index in [1.54, 1.807) is 19.2 Å². The highest BCUT2D eigenvalue weighted by Crippen LogP contribution is 2.28. The van der Waals surface area contributed by atoms with Crippen LogP contribution < -0.4 is 10.1 Å². The van der Waals surface area contributed by atoms with Gasteiger partial charge >= 0.3 is 0 Å². The fourth-order valence-electron chi connectivity index (χ4n) is 2.22. The maximum Gasteiger partial charge on any atom is 0.160 e. The number of hydrogen-bond acceptors (Lipinski definition) is 4. The summed E-state index contributed by atoms with van der Waals surface area (Å²) in [6.45, 7) is 5.78. The number of aromatic hydroxyl groups is 1. The lowest BCUT2D eigenvalue weighted by atomic mass is 9.94. The molecule has 2 atom stereocenters. The molecule has 1 fully saturated rings. The topological polar surface area (TPSA) is 50.7 Å². The molecule has 1 aliphatic heterocycles. The van der Waals surface area contributed by atoms with Crippen molar-refractivity contribution in [2.75, 3.05) is 13.7 Å². The van der Waals surface area contributed by atoms with Crippen molar-refractivity contribution in [1.82, 2.24) is 5.32 Å². The second-order valence-corrected chi connectivity index (χ2v) is 5.04. The first-order valence-corrected chi connectivity index (χ1v) is 6.28. The number of methoxy groups -OCH3 is 1. The van der Waals surface area contributed by atoms with Crippen LogP contribution in [0.1, 0.15) is 25.8 Å². The third-order valence-corrected chi connectivity index (χ3v) is 3.83. The molecular weight excluding hydrogens is 230 g/mol. The standard InChI is InChI=1S/C14H21NO3/c1-10-14(2,6-7-18-10)15-9-11-4-5-13(17-3)12(16)8-11/h4-5,8,10,15-16H,6-7,9H2,1-3H3. The van der Waals surface area contributed by atoms with E-state index in [1.807, 2.05) is 6.07 Å². The van der Waals surface area contributed by atoms with Crippen LogP contribution in [0.15, 0.2) is 18.2 Å². The Hall–Kier alpha value is -1.26. The summed E-state index contributed by atoms with van der Waals surface area (Å²) in [5, 5.41) is 13.2. The lowest BCUT2D eigenvalue weighted by molar-refractivity contribution is 0.0881. The number of ether oxygens (including phenoxy) is 2. The molecule has 0 bridgehead atoms. The van der Waals surface area contributed by atoms with Gasteiger partial charge in [0.2, 0.25) is 0 Å². The normalized spacial score (nSPS) is 27.4. The molecule has 18 heavy (non-hydrogen) atoms. The summed E-state index contributed by atoms with van der Waals surface area (Å²) >= 11 is 0. The Morgan fingerprint density at radius 1 is 1.56 bits per heavy atom. The van der Waals surface area contributed by atoms with Crippen molar-refractivity contribution in [3.63, 3.8) is 0 Å². The summed E-state index contributed by atoms with van der Waals surface area (Å²) in [5.41, 5.74) is 1.05. The number of phenolic OH excluding ortho intramolecular Hbond substituents is 1. The predicted octanol–water partition coefficient (Wildman–Crippen LogP) is 2.06. The fraction of sp³-hybridized carbons (Fsp3) is 0.571. The van der Waals surface area contributed by atoms with Gasteiger partial charge in [-0.3, -0.25) is 0 Å². The Kier molecular flexibility index (Phi) is 3.78. The van der Waals surface area contributed by atoms with Gasteiger partial charge in [-0.15, -0.1) is 0 Å². The van der Waals surface area contributed by atoms with Crippen molar-refractivity contribution in [3.8, 4) is 11.5 Å². The van der Waals surface area contributed by atoms with Gasteiger partial charge in [0.1, 0.15) is 0 Å². The van der Waals surface area contributed by atoms with E-state index in [-0.39, 0.29) is 17.4 Å². The Morgan fingerprint density at radius 2 is 2.33 bits per heavy atom. The molecule has 1 saturated heterocycles. The Labute approximate surface area is 108 Å². The van der Waals surface area contributed by atoms with Gasteiger partial charge in [-0.1, -0.05) is 6.07 Å². The predicted molar refractivity (Wildman–Crippen MR) is 69.9 cm³/mol. The zero-order valence-electron chi connectivity index (χ0n) is 11.2. The van der Waals surface area contributed by atoms with Crippen molar-refractivity contribution in [1.29, 1.82) is 0 Å². The summed E-state index contributed by atoms with van der Waals surface area (Å²) in [6, 6.07) is 5.47. The summed E-state index contributed by atoms with van der Waals surface area (Å²) in [5.74, 6) is 0.681. The van der Waals surface area contributed by atoms with Gasteiger partial charge in [0.15, 0.2) is 11.5 Å². The van der Waals surface area contributed by atoms with E-state index in [0.29, 0.717) is 12.3 Å². The summed E-state index contributed by atoms with van der Waals surface area (Å²) in [4.78, 5) is 0. The van der Waals surface area contributed by atoms with Gasteiger partial charge in [0.05, 0.1) is 13.2 Å². The van der Waals surface area contributed by atoms with Crippen LogP contribution in [0.3, 0.4) is 0 Å². The minimum atomic E-state index is 0.00947. The number of hydrogen-bond donors (Lipinski definition) is 2. The van der Waals surface area contributed by atoms with Gasteiger partial charge < -0.3 is 19.9 Å². The first-order valence-electron chi connectivity index (χ1n) is 6.28. The molecule has 2 rings (SSSR count). The highest BCUT2D eigenvalue weighted by molar-refractivity contribution is 5.41. The molecule has 0 amide bonds. The number of nitrogens with one attached hydrogen (secondary N) is 1. The van der Waals surface area contributed by atoms with Gasteiger partial charge in [0.25, 0.3) is 0 Å². The largest absolute Gasteiger partial charge is 0.504 e. The smallest absolute Gasteiger partial charge is 0.160 e. The van der Waals surface area contributed by atoms with Crippen LogP contribution in [0.4, 0.5) is 0 Å². The second-order valence-electron chi connectivity index (χ2n) is 5.04. The van der Waals surface area contributed by atoms with Crippen LogP contribution in [-0.4, -0.2) is 30.5 Å². The highest BCUT2D eigenvalue weighted by Gasteiger charge is 2.36. The summed E-state index contributed by atoms with van der Waals surface area (Å²) < 4.78 is 10.6. The quantitative estimate of drug-likeness (QED) is 0.860. The monoisotopic (exact) mass is 251 g/mol. The van der Waals surface area contributed by atoms with Gasteiger partial charge in [-0.2, -0.15) is 0 Å². The molecule has 100 valence electrons. The van der Waals surface area contributed by atoms with Crippen LogP contribution in [0.2, 0.25) is 0 Å². The Bertz CT molecular complexity index is 422. The van der Waals surface area contributed by atoms with Crippen molar-refractivity contribution >= 4 is 0 Å². The molecular formula is C14H21NO3. The van der Waals surface area contributed by atoms with E-state index >= 15 is 0 Å². The molecule has 1 aromatic carbocycles. The zero-order chi connectivity index (χ0) is 13.2. The van der Waals surface area contributed by atoms with Crippen molar-refractivity contribution in [3.05, 3.63) is 23.8 Å². The third kappa shape index (κ3) is 2.60. The second kappa shape index (κ2) is 5.16. The molecule has 0 saturated carbocycles. The van der Waals surface area contributed by atoms with Gasteiger partial charge in [-0.25, -0.2) is 0 Å². The number of rotatable bonds is 4. The molecule has 2 unspecified atom stereocenters. The molecule has 1 heterocycles. The highest BCUT2D eigenvalue weighted by atomic mass is 16.5. The van der Waals surface area contributed by atoms with E-state index in [9.17, 15) is 5.11 Å². The average molecular weight is 251 g/mol. The molecule has 1 aromatic rings. The van der Waals surface area contributed by atoms with Crippen molar-refractivity contribution in [2.24, 2.45) is 0 Å². The van der Waals surface area contributed by atoms with E-state index in [0.717, 1.165) is 18.6 Å². The average Bonchev–Trinajstić information content (AvgIpc) is 2.68. The van der Waals surface area contributed by atoms with Crippen LogP contribution >= 0.6 is 0 Å². The zero-order valence-corrected chi connectivity index (χ0v) is 11.2. The molecule has 0 aromatic heterocycles. The lowest BCUT2D eigenvalue weighted by Gasteiger charge is -2.29. The SMILES string of the molecule is COc1ccc(CNC2(C)CCOC2C)cc1O. The summed E-state index contributed by atoms with van der Waals surface area (Å²) in [7, 11) is 1.55.